The third kappa shape index (κ3) is 42.8. The van der Waals surface area contributed by atoms with E-state index in [2.05, 4.69) is 79.4 Å². The van der Waals surface area contributed by atoms with E-state index in [-0.39, 0.29) is 56.4 Å². The molecular weight excluding hydrogens is 1820 g/mol. The number of esters is 1. The van der Waals surface area contributed by atoms with Gasteiger partial charge in [-0.2, -0.15) is 0 Å². The van der Waals surface area contributed by atoms with Gasteiger partial charge >= 0.3 is 48.1 Å². The lowest BCUT2D eigenvalue weighted by molar-refractivity contribution is -0.156. The van der Waals surface area contributed by atoms with Crippen LogP contribution in [-0.4, -0.2) is 296 Å². The number of hydrogen-bond donors (Lipinski definition) is 25. The molecule has 2 aromatic carbocycles. The van der Waals surface area contributed by atoms with Crippen LogP contribution in [0.4, 0.5) is 20.1 Å². The Morgan fingerprint density at radius 1 is 0.500 bits per heavy atom. The van der Waals surface area contributed by atoms with Crippen molar-refractivity contribution in [3.05, 3.63) is 65.9 Å². The number of H-pyrrole nitrogens is 1. The molecule has 1 fully saturated rings. The number of hydrogen-bond acceptors (Lipinski definition) is 28. The molecule has 1 aliphatic rings. The van der Waals surface area contributed by atoms with Crippen molar-refractivity contribution >= 4 is 153 Å². The molecule has 0 spiro atoms. The third-order valence-corrected chi connectivity index (χ3v) is 20.5. The number of alkyl carbamates (subject to hydrolysis) is 2. The largest absolute Gasteiger partial charge is 0.481 e. The number of anilines is 1. The minimum absolute atomic E-state index is 0.0582. The molecule has 51 heteroatoms. The molecule has 14 unspecified atom stereocenters. The van der Waals surface area contributed by atoms with E-state index in [1.807, 2.05) is 22.9 Å². The second kappa shape index (κ2) is 57.1. The van der Waals surface area contributed by atoms with E-state index in [0.717, 1.165) is 52.9 Å². The van der Waals surface area contributed by atoms with E-state index in [9.17, 15) is 121 Å². The summed E-state index contributed by atoms with van der Waals surface area (Å²) in [4.78, 5) is 321. The number of primary amides is 1. The second-order valence-electron chi connectivity index (χ2n) is 34.6. The van der Waals surface area contributed by atoms with Crippen LogP contribution in [0, 0.1) is 5.92 Å². The van der Waals surface area contributed by atoms with Crippen molar-refractivity contribution in [3.63, 3.8) is 0 Å². The first kappa shape index (κ1) is 115. The van der Waals surface area contributed by atoms with E-state index in [1.54, 1.807) is 72.0 Å². The molecule has 27 N–H and O–H groups in total. The van der Waals surface area contributed by atoms with Gasteiger partial charge in [0.15, 0.2) is 5.78 Å². The van der Waals surface area contributed by atoms with Gasteiger partial charge in [-0.15, -0.1) is 0 Å². The van der Waals surface area contributed by atoms with Crippen LogP contribution in [0.15, 0.2) is 54.7 Å². The summed E-state index contributed by atoms with van der Waals surface area (Å²) >= 11 is 0. The molecule has 18 amide bonds. The maximum absolute atomic E-state index is 15.1. The Hall–Kier alpha value is -14.8. The number of benzene rings is 2. The summed E-state index contributed by atoms with van der Waals surface area (Å²) in [5, 5.41) is 89.5. The van der Waals surface area contributed by atoms with Gasteiger partial charge in [-0.25, -0.2) is 19.2 Å². The number of cyclic esters (lactones) is 1. The van der Waals surface area contributed by atoms with Crippen LogP contribution in [0.2, 0.25) is 0 Å². The molecular formula is C87H128N20O31. The Labute approximate surface area is 792 Å². The molecule has 1 aromatic heterocycles. The van der Waals surface area contributed by atoms with Gasteiger partial charge in [-0.1, -0.05) is 76.3 Å². The number of unbranched alkanes of at least 4 members (excludes halogenated alkanes) is 6. The average Bonchev–Trinajstić information content (AvgIpc) is 1.68. The number of nitrogens with two attached hydrogens (primary N) is 2. The highest BCUT2D eigenvalue weighted by molar-refractivity contribution is 6.05. The number of carboxylic acid groups (broad SMARTS) is 4. The van der Waals surface area contributed by atoms with E-state index in [1.165, 1.54) is 24.3 Å². The van der Waals surface area contributed by atoms with E-state index >= 15 is 14.4 Å². The van der Waals surface area contributed by atoms with Crippen molar-refractivity contribution in [2.45, 2.75) is 275 Å². The maximum atomic E-state index is 15.1. The fourth-order valence-corrected chi connectivity index (χ4v) is 13.6. The van der Waals surface area contributed by atoms with Crippen LogP contribution in [0.25, 0.3) is 10.9 Å². The number of carbonyl (C=O) groups excluding carboxylic acids is 19. The molecule has 762 valence electrons. The number of para-hydroxylation sites is 2. The normalized spacial score (nSPS) is 19.9. The highest BCUT2D eigenvalue weighted by atomic mass is 16.6. The number of carbonyl (C=O) groups is 23. The number of aromatic amines is 1. The topological polar surface area (TPSA) is 794 Å². The summed E-state index contributed by atoms with van der Waals surface area (Å²) < 4.78 is 16.4. The Balaban J connectivity index is 1.95. The minimum Gasteiger partial charge on any atom is -0.481 e. The van der Waals surface area contributed by atoms with Gasteiger partial charge in [0.1, 0.15) is 89.8 Å². The number of aliphatic hydroxyl groups is 1. The van der Waals surface area contributed by atoms with Gasteiger partial charge in [0.2, 0.25) is 82.7 Å². The number of ketones is 1. The summed E-state index contributed by atoms with van der Waals surface area (Å²) in [6, 6.07) is -14.0. The Morgan fingerprint density at radius 3 is 1.64 bits per heavy atom. The number of rotatable bonds is 42. The van der Waals surface area contributed by atoms with Gasteiger partial charge in [0.05, 0.1) is 51.8 Å². The first-order chi connectivity index (χ1) is 64.8. The van der Waals surface area contributed by atoms with E-state index in [4.69, 9.17) is 25.7 Å². The summed E-state index contributed by atoms with van der Waals surface area (Å²) in [7, 11) is 0. The van der Waals surface area contributed by atoms with Crippen LogP contribution in [0.5, 0.6) is 0 Å². The predicted octanol–water partition coefficient (Wildman–Crippen LogP) is -3.47. The molecule has 2 heterocycles. The lowest BCUT2D eigenvalue weighted by Crippen LogP contribution is -2.62. The lowest BCUT2D eigenvalue weighted by atomic mass is 9.96. The number of aliphatic hydroxyl groups excluding tert-OH is 1. The molecule has 4 rings (SSSR count). The zero-order valence-corrected chi connectivity index (χ0v) is 78.3. The van der Waals surface area contributed by atoms with Crippen molar-refractivity contribution < 1.29 is 150 Å². The first-order valence-electron chi connectivity index (χ1n) is 44.5. The van der Waals surface area contributed by atoms with Gasteiger partial charge in [0.25, 0.3) is 0 Å². The monoisotopic (exact) mass is 1950 g/mol. The fraction of sp³-hybridized carbons (Fsp3) is 0.575. The van der Waals surface area contributed by atoms with Crippen LogP contribution in [-0.2, 0) is 112 Å². The van der Waals surface area contributed by atoms with Crippen LogP contribution < -0.4 is 102 Å². The Kier molecular flexibility index (Phi) is 47.8. The Morgan fingerprint density at radius 2 is 1.03 bits per heavy atom. The number of amides is 18. The van der Waals surface area contributed by atoms with Crippen molar-refractivity contribution in [3.8, 4) is 0 Å². The van der Waals surface area contributed by atoms with Crippen LogP contribution in [0.1, 0.15) is 194 Å². The zero-order chi connectivity index (χ0) is 103. The van der Waals surface area contributed by atoms with Gasteiger partial charge < -0.3 is 147 Å². The predicted molar refractivity (Wildman–Crippen MR) is 485 cm³/mol. The van der Waals surface area contributed by atoms with Gasteiger partial charge in [-0.05, 0) is 124 Å². The molecule has 14 atom stereocenters. The molecule has 51 nitrogen and oxygen atoms in total. The van der Waals surface area contributed by atoms with E-state index in [0.29, 0.717) is 22.9 Å². The molecule has 3 aromatic rings. The maximum Gasteiger partial charge on any atom is 0.408 e. The molecule has 0 saturated carbocycles. The number of carboxylic acids is 4. The zero-order valence-electron chi connectivity index (χ0n) is 78.3. The van der Waals surface area contributed by atoms with E-state index < -0.39 is 303 Å². The average molecular weight is 1950 g/mol. The molecule has 138 heavy (non-hydrogen) atoms. The number of Topliss-reactive ketones (excluding diaryl/α,β-unsaturated/α-hetero) is 1. The second-order valence-corrected chi connectivity index (χ2v) is 34.6. The van der Waals surface area contributed by atoms with Crippen molar-refractivity contribution in [1.82, 2.24) is 95.4 Å². The fourth-order valence-electron chi connectivity index (χ4n) is 13.6. The smallest absolute Gasteiger partial charge is 0.408 e. The van der Waals surface area contributed by atoms with Crippen molar-refractivity contribution in [2.24, 2.45) is 11.7 Å². The van der Waals surface area contributed by atoms with Crippen LogP contribution >= 0.6 is 0 Å². The molecule has 1 saturated heterocycles. The highest BCUT2D eigenvalue weighted by Gasteiger charge is 2.42. The minimum atomic E-state index is -2.55. The van der Waals surface area contributed by atoms with Crippen LogP contribution in [0.3, 0.4) is 0 Å². The number of aliphatic carboxylic acids is 4. The number of urea groups is 1. The molecule has 0 aliphatic carbocycles. The van der Waals surface area contributed by atoms with Gasteiger partial charge in [0, 0.05) is 60.8 Å². The summed E-state index contributed by atoms with van der Waals surface area (Å²) in [6.45, 7) is 10.3. The molecule has 0 radical (unpaired) electrons. The number of nitrogen functional groups attached to an aromatic ring is 1. The third-order valence-electron chi connectivity index (χ3n) is 20.5. The summed E-state index contributed by atoms with van der Waals surface area (Å²) in [5.41, 5.74) is 10.4. The van der Waals surface area contributed by atoms with Crippen molar-refractivity contribution in [2.75, 3.05) is 45.1 Å². The number of ether oxygens (including phenoxy) is 3. The number of aromatic nitrogens is 1. The SMILES string of the molecule is CCCCCCCCNC(=O)NC(Cc1c[nH]c2ccccc12)C(=O)NC(CC(N)=O)C(=O)NC(CC(=O)O)C(=O)NC1C(=O)NCC(=O)NC(CCCNC(=O)C(CCCCNC(=O)OC(C)(C)C)NC(=O)OC(C)(C)C)C(=O)NC(CC(=O)O)C(=O)NC(C)C(=O)NC(CC(=O)O)C(=O)NCC(=O)NC(CO)C(=O)NC(C(C)CC(=O)O)C(=O)NC(CC(=O)c2ccccc2N)C(=O)OC1C. The number of fused-ring (bicyclic) bond motifs is 1. The molecule has 0 bridgehead atoms. The summed E-state index contributed by atoms with van der Waals surface area (Å²) in [6.07, 6.45) is -5.72. The Bertz CT molecular complexity index is 4840. The quantitative estimate of drug-likeness (QED) is 0.00861. The lowest BCUT2D eigenvalue weighted by Gasteiger charge is -2.30. The standard InChI is InChI=1S/C87H128N20O31/c1-11-12-13-14-15-21-30-91-83(133)104-54(34-47-40-93-51-27-19-17-24-48(47)51)76(126)100-55(36-62(89)110)77(127)102-58(39-68(119)120)78(128)107-70-46(4)136-82(132)59(35-61(109)49-25-16-18-26-50(49)88)103-81(131)69(44(2)33-65(113)114)106-79(129)60(43-108)98-64(112)41-94-73(123)56(37-66(115)116)99-71(121)45(3)96-75(125)57(38-67(117)118)101-74(124)53(97-63(111)42-95-80(70)130)29-23-32-90-72(122)52(105-85(135)138-87(8,9)10)28-20-22-31-92-84(134)137-86(5,6)7/h16-19,24-27,40,44-46,52-60,69-70,93,108H,11-15,20-23,28-39,41-43,88H2,1-10H3,(H2,89,110)(H,90,122)(H,92,134)(H,94,123)(H,95,130)(H,96,125)(H,97,111)(H,98,112)(H,99,121)(H,100,126)(H,101,124)(H,102,127)(H,103,131)(H,105,135)(H,106,129)(H,107,128)(H,113,114)(H,115,116)(H,117,118)(H,119,120)(H2,91,104,133). The van der Waals surface area contributed by atoms with Gasteiger partial charge in [-0.3, -0.25) is 91.1 Å². The summed E-state index contributed by atoms with van der Waals surface area (Å²) in [5.74, 6) is -31.3. The molecule has 1 aliphatic heterocycles. The highest BCUT2D eigenvalue weighted by Crippen LogP contribution is 2.22. The number of nitrogens with one attached hydrogen (secondary N) is 18. The first-order valence-corrected chi connectivity index (χ1v) is 44.5. The van der Waals surface area contributed by atoms with Crippen molar-refractivity contribution in [1.29, 1.82) is 0 Å².